The van der Waals surface area contributed by atoms with Crippen molar-refractivity contribution in [2.24, 2.45) is 0 Å². The highest BCUT2D eigenvalue weighted by molar-refractivity contribution is 9.18. The van der Waals surface area contributed by atoms with E-state index in [9.17, 15) is 0 Å². The van der Waals surface area contributed by atoms with Crippen molar-refractivity contribution in [3.8, 4) is 5.75 Å². The Morgan fingerprint density at radius 1 is 0.895 bits per heavy atom. The molecule has 0 atom stereocenters. The van der Waals surface area contributed by atoms with Crippen molar-refractivity contribution < 1.29 is 4.74 Å². The zero-order chi connectivity index (χ0) is 13.8. The third-order valence-electron chi connectivity index (χ3n) is 2.59. The maximum atomic E-state index is 5.24. The first kappa shape index (κ1) is 14.8. The topological polar surface area (TPSA) is 9.23 Å². The maximum Gasteiger partial charge on any atom is 0.119 e. The van der Waals surface area contributed by atoms with E-state index >= 15 is 0 Å². The Labute approximate surface area is 138 Å². The molecule has 2 aromatic rings. The molecule has 19 heavy (non-hydrogen) atoms. The van der Waals surface area contributed by atoms with Crippen molar-refractivity contribution in [2.75, 3.05) is 7.11 Å². The lowest BCUT2D eigenvalue weighted by Crippen LogP contribution is -1.86. The fourth-order valence-corrected chi connectivity index (χ4v) is 2.99. The van der Waals surface area contributed by atoms with Gasteiger partial charge in [0.15, 0.2) is 0 Å². The molecule has 1 nitrogen and oxygen atoms in total. The fraction of sp³-hybridized carbons (Fsp3) is 0.0667. The van der Waals surface area contributed by atoms with Gasteiger partial charge in [-0.05, 0) is 67.3 Å². The monoisotopic (exact) mass is 444 g/mol. The second-order valence-electron chi connectivity index (χ2n) is 3.87. The highest BCUT2D eigenvalue weighted by atomic mass is 79.9. The molecule has 0 amide bonds. The fourth-order valence-electron chi connectivity index (χ4n) is 1.64. The van der Waals surface area contributed by atoms with Crippen LogP contribution in [0.5, 0.6) is 5.75 Å². The number of rotatable bonds is 3. The van der Waals surface area contributed by atoms with Crippen LogP contribution in [0.4, 0.5) is 0 Å². The summed E-state index contributed by atoms with van der Waals surface area (Å²) in [5, 5.41) is 0. The Kier molecular flexibility index (Phi) is 5.25. The Bertz CT molecular complexity index is 620. The van der Waals surface area contributed by atoms with Gasteiger partial charge in [0.05, 0.1) is 7.11 Å². The van der Waals surface area contributed by atoms with E-state index in [0.29, 0.717) is 0 Å². The third kappa shape index (κ3) is 3.71. The Balaban J connectivity index is 2.45. The van der Waals surface area contributed by atoms with Crippen LogP contribution in [0.3, 0.4) is 0 Å². The SMILES string of the molecule is COc1cccc(/C(Br)=C(/Br)c2cccc(Br)c2)c1. The minimum absolute atomic E-state index is 0.837. The quantitative estimate of drug-likeness (QED) is 0.520. The van der Waals surface area contributed by atoms with Gasteiger partial charge in [0.1, 0.15) is 5.75 Å². The lowest BCUT2D eigenvalue weighted by Gasteiger charge is -2.07. The van der Waals surface area contributed by atoms with Gasteiger partial charge < -0.3 is 4.74 Å². The van der Waals surface area contributed by atoms with Gasteiger partial charge in [0, 0.05) is 13.4 Å². The lowest BCUT2D eigenvalue weighted by atomic mass is 10.1. The lowest BCUT2D eigenvalue weighted by molar-refractivity contribution is 0.414. The first-order valence-electron chi connectivity index (χ1n) is 5.57. The molecule has 0 saturated carbocycles. The van der Waals surface area contributed by atoms with Crippen molar-refractivity contribution in [1.29, 1.82) is 0 Å². The first-order valence-corrected chi connectivity index (χ1v) is 7.95. The molecule has 4 heteroatoms. The predicted molar refractivity (Wildman–Crippen MR) is 91.8 cm³/mol. The van der Waals surface area contributed by atoms with E-state index in [1.807, 2.05) is 36.4 Å². The molecule has 2 rings (SSSR count). The molecule has 0 aliphatic rings. The Hall–Kier alpha value is -0.580. The van der Waals surface area contributed by atoms with Crippen LogP contribution in [0.1, 0.15) is 11.1 Å². The van der Waals surface area contributed by atoms with Crippen molar-refractivity contribution in [2.45, 2.75) is 0 Å². The van der Waals surface area contributed by atoms with E-state index in [1.54, 1.807) is 7.11 Å². The zero-order valence-electron chi connectivity index (χ0n) is 10.2. The number of ether oxygens (including phenoxy) is 1. The molecule has 0 aliphatic heterocycles. The highest BCUT2D eigenvalue weighted by Crippen LogP contribution is 2.37. The van der Waals surface area contributed by atoms with E-state index in [2.05, 4.69) is 59.9 Å². The molecule has 0 spiro atoms. The van der Waals surface area contributed by atoms with Crippen molar-refractivity contribution in [3.63, 3.8) is 0 Å². The predicted octanol–water partition coefficient (Wildman–Crippen LogP) is 6.07. The summed E-state index contributed by atoms with van der Waals surface area (Å²) in [6, 6.07) is 16.0. The molecule has 0 aliphatic carbocycles. The van der Waals surface area contributed by atoms with Crippen molar-refractivity contribution in [3.05, 3.63) is 64.1 Å². The first-order chi connectivity index (χ1) is 9.11. The minimum atomic E-state index is 0.837. The van der Waals surface area contributed by atoms with E-state index in [-0.39, 0.29) is 0 Å². The molecule has 0 heterocycles. The van der Waals surface area contributed by atoms with E-state index < -0.39 is 0 Å². The summed E-state index contributed by atoms with van der Waals surface area (Å²) in [5.41, 5.74) is 2.16. The summed E-state index contributed by atoms with van der Waals surface area (Å²) in [6.07, 6.45) is 0. The summed E-state index contributed by atoms with van der Waals surface area (Å²) >= 11 is 10.8. The van der Waals surface area contributed by atoms with Crippen molar-refractivity contribution in [1.82, 2.24) is 0 Å². The van der Waals surface area contributed by atoms with Gasteiger partial charge in [-0.15, -0.1) is 0 Å². The van der Waals surface area contributed by atoms with Gasteiger partial charge in [0.25, 0.3) is 0 Å². The Morgan fingerprint density at radius 3 is 2.05 bits per heavy atom. The van der Waals surface area contributed by atoms with E-state index in [4.69, 9.17) is 4.74 Å². The highest BCUT2D eigenvalue weighted by Gasteiger charge is 2.07. The molecular formula is C15H11Br3O. The molecule has 0 bridgehead atoms. The van der Waals surface area contributed by atoms with E-state index in [0.717, 1.165) is 30.3 Å². The molecule has 0 saturated heterocycles. The zero-order valence-corrected chi connectivity index (χ0v) is 14.9. The average Bonchev–Trinajstić information content (AvgIpc) is 2.45. The summed E-state index contributed by atoms with van der Waals surface area (Å²) in [4.78, 5) is 0. The van der Waals surface area contributed by atoms with Crippen LogP contribution in [-0.4, -0.2) is 7.11 Å². The van der Waals surface area contributed by atoms with Crippen LogP contribution >= 0.6 is 47.8 Å². The number of hydrogen-bond donors (Lipinski definition) is 0. The number of hydrogen-bond acceptors (Lipinski definition) is 1. The molecule has 2 aromatic carbocycles. The van der Waals surface area contributed by atoms with Crippen LogP contribution in [0.2, 0.25) is 0 Å². The van der Waals surface area contributed by atoms with Crippen LogP contribution in [0.15, 0.2) is 53.0 Å². The van der Waals surface area contributed by atoms with Gasteiger partial charge in [-0.2, -0.15) is 0 Å². The molecular weight excluding hydrogens is 436 g/mol. The molecule has 0 fully saturated rings. The van der Waals surface area contributed by atoms with Crippen LogP contribution < -0.4 is 4.74 Å². The van der Waals surface area contributed by atoms with E-state index in [1.165, 1.54) is 0 Å². The molecule has 0 aromatic heterocycles. The summed E-state index contributed by atoms with van der Waals surface area (Å²) in [7, 11) is 1.67. The number of halogens is 3. The van der Waals surface area contributed by atoms with Gasteiger partial charge in [-0.1, -0.05) is 40.2 Å². The number of methoxy groups -OCH3 is 1. The second-order valence-corrected chi connectivity index (χ2v) is 6.37. The van der Waals surface area contributed by atoms with Crippen LogP contribution in [-0.2, 0) is 0 Å². The standard InChI is InChI=1S/C15H11Br3O/c1-19-13-7-3-5-11(9-13)15(18)14(17)10-4-2-6-12(16)8-10/h2-9H,1H3/b15-14-. The molecule has 0 unspecified atom stereocenters. The number of benzene rings is 2. The minimum Gasteiger partial charge on any atom is -0.497 e. The summed E-state index contributed by atoms with van der Waals surface area (Å²) in [5.74, 6) is 0.837. The van der Waals surface area contributed by atoms with Crippen molar-refractivity contribution >= 4 is 56.8 Å². The average molecular weight is 447 g/mol. The maximum absolute atomic E-state index is 5.24. The van der Waals surface area contributed by atoms with Crippen LogP contribution in [0.25, 0.3) is 8.96 Å². The summed E-state index contributed by atoms with van der Waals surface area (Å²) in [6.45, 7) is 0. The smallest absolute Gasteiger partial charge is 0.119 e. The summed E-state index contributed by atoms with van der Waals surface area (Å²) < 4.78 is 8.28. The van der Waals surface area contributed by atoms with Gasteiger partial charge in [-0.25, -0.2) is 0 Å². The normalized spacial score (nSPS) is 12.0. The van der Waals surface area contributed by atoms with Gasteiger partial charge >= 0.3 is 0 Å². The molecule has 0 N–H and O–H groups in total. The third-order valence-corrected chi connectivity index (χ3v) is 5.33. The molecule has 98 valence electrons. The molecule has 0 radical (unpaired) electrons. The van der Waals surface area contributed by atoms with Gasteiger partial charge in [-0.3, -0.25) is 0 Å². The Morgan fingerprint density at radius 2 is 1.47 bits per heavy atom. The van der Waals surface area contributed by atoms with Crippen LogP contribution in [0, 0.1) is 0 Å². The van der Waals surface area contributed by atoms with Gasteiger partial charge in [0.2, 0.25) is 0 Å². The second kappa shape index (κ2) is 6.73. The largest absolute Gasteiger partial charge is 0.497 e.